The van der Waals surface area contributed by atoms with Gasteiger partial charge < -0.3 is 9.32 Å². The van der Waals surface area contributed by atoms with Crippen LogP contribution >= 0.6 is 0 Å². The highest BCUT2D eigenvalue weighted by Crippen LogP contribution is 2.36. The highest BCUT2D eigenvalue weighted by molar-refractivity contribution is 5.83. The lowest BCUT2D eigenvalue weighted by atomic mass is 9.94. The van der Waals surface area contributed by atoms with E-state index in [0.717, 1.165) is 24.9 Å². The lowest BCUT2D eigenvalue weighted by Gasteiger charge is -2.29. The number of halogens is 1. The normalized spacial score (nSPS) is 17.6. The number of likely N-dealkylation sites (tertiary alicyclic amines) is 1. The quantitative estimate of drug-likeness (QED) is 0.615. The van der Waals surface area contributed by atoms with Gasteiger partial charge in [0.05, 0.1) is 0 Å². The van der Waals surface area contributed by atoms with Crippen LogP contribution in [0.15, 0.2) is 46.9 Å². The van der Waals surface area contributed by atoms with Gasteiger partial charge in [0.1, 0.15) is 17.4 Å². The molecule has 1 amide bonds. The van der Waals surface area contributed by atoms with E-state index >= 15 is 0 Å². The van der Waals surface area contributed by atoms with E-state index in [4.69, 9.17) is 4.42 Å². The number of fused-ring (bicyclic) bond motifs is 1. The fourth-order valence-corrected chi connectivity index (χ4v) is 3.65. The molecule has 0 bridgehead atoms. The minimum Gasteiger partial charge on any atom is -0.438 e. The van der Waals surface area contributed by atoms with E-state index in [2.05, 4.69) is 4.98 Å². The van der Waals surface area contributed by atoms with Crippen molar-refractivity contribution in [2.75, 3.05) is 6.54 Å². The van der Waals surface area contributed by atoms with Gasteiger partial charge in [-0.05, 0) is 36.6 Å². The van der Waals surface area contributed by atoms with Crippen molar-refractivity contribution in [1.82, 2.24) is 9.88 Å². The second-order valence-corrected chi connectivity index (χ2v) is 8.12. The molecule has 0 aliphatic carbocycles. The molecule has 1 aliphatic rings. The second-order valence-electron chi connectivity index (χ2n) is 8.12. The summed E-state index contributed by atoms with van der Waals surface area (Å²) in [5.74, 6) is 0.406. The first-order valence-corrected chi connectivity index (χ1v) is 9.31. The number of amides is 1. The van der Waals surface area contributed by atoms with Gasteiger partial charge in [0.25, 0.3) is 0 Å². The number of carbonyl (C=O) groups excluding carboxylic acids is 1. The Morgan fingerprint density at radius 1 is 1.22 bits per heavy atom. The molecule has 1 aromatic heterocycles. The zero-order valence-electron chi connectivity index (χ0n) is 15.8. The van der Waals surface area contributed by atoms with E-state index in [1.54, 1.807) is 12.1 Å². The predicted octanol–water partition coefficient (Wildman–Crippen LogP) is 5.34. The maximum atomic E-state index is 14.1. The smallest absolute Gasteiger partial charge is 0.228 e. The number of rotatable bonds is 2. The fourth-order valence-electron chi connectivity index (χ4n) is 3.65. The molecule has 1 fully saturated rings. The van der Waals surface area contributed by atoms with Crippen LogP contribution in [0.25, 0.3) is 22.2 Å². The molecule has 0 radical (unpaired) electrons. The third-order valence-corrected chi connectivity index (χ3v) is 5.03. The van der Waals surface area contributed by atoms with Crippen LogP contribution in [-0.4, -0.2) is 22.3 Å². The standard InChI is InChI=1S/C22H23FN2O2/c1-22(2,3)21(26)25-12-6-9-18(25)20-24-17-13-14(10-11-19(17)27-20)15-7-4-5-8-16(15)23/h4-5,7-8,10-11,13,18H,6,9,12H2,1-3H3/t18-/m0/s1. The molecule has 4 rings (SSSR count). The van der Waals surface area contributed by atoms with Crippen molar-refractivity contribution < 1.29 is 13.6 Å². The van der Waals surface area contributed by atoms with Gasteiger partial charge in [-0.25, -0.2) is 9.37 Å². The van der Waals surface area contributed by atoms with Gasteiger partial charge in [0, 0.05) is 17.5 Å². The monoisotopic (exact) mass is 366 g/mol. The number of carbonyl (C=O) groups is 1. The first-order chi connectivity index (χ1) is 12.8. The minimum absolute atomic E-state index is 0.110. The summed E-state index contributed by atoms with van der Waals surface area (Å²) in [6.07, 6.45) is 1.78. The molecule has 1 atom stereocenters. The van der Waals surface area contributed by atoms with Crippen molar-refractivity contribution in [2.24, 2.45) is 5.41 Å². The molecule has 3 aromatic rings. The molecule has 1 aliphatic heterocycles. The zero-order chi connectivity index (χ0) is 19.2. The van der Waals surface area contributed by atoms with Crippen molar-refractivity contribution in [2.45, 2.75) is 39.7 Å². The van der Waals surface area contributed by atoms with Gasteiger partial charge in [-0.2, -0.15) is 0 Å². The number of oxazole rings is 1. The van der Waals surface area contributed by atoms with E-state index < -0.39 is 5.41 Å². The highest BCUT2D eigenvalue weighted by atomic mass is 19.1. The number of aromatic nitrogens is 1. The molecule has 2 heterocycles. The maximum absolute atomic E-state index is 14.1. The van der Waals surface area contributed by atoms with E-state index in [0.29, 0.717) is 22.6 Å². The van der Waals surface area contributed by atoms with Crippen molar-refractivity contribution in [3.05, 3.63) is 54.2 Å². The summed E-state index contributed by atoms with van der Waals surface area (Å²) in [6.45, 7) is 6.51. The summed E-state index contributed by atoms with van der Waals surface area (Å²) in [7, 11) is 0. The average Bonchev–Trinajstić information content (AvgIpc) is 3.26. The van der Waals surface area contributed by atoms with Crippen molar-refractivity contribution in [1.29, 1.82) is 0 Å². The molecule has 140 valence electrons. The number of benzene rings is 2. The van der Waals surface area contributed by atoms with Crippen LogP contribution in [0.5, 0.6) is 0 Å². The average molecular weight is 366 g/mol. The van der Waals surface area contributed by atoms with Crippen LogP contribution in [0, 0.1) is 11.2 Å². The largest absolute Gasteiger partial charge is 0.438 e. The molecule has 4 nitrogen and oxygen atoms in total. The molecule has 0 unspecified atom stereocenters. The van der Waals surface area contributed by atoms with E-state index in [1.165, 1.54) is 6.07 Å². The summed E-state index contributed by atoms with van der Waals surface area (Å²) < 4.78 is 20.1. The third kappa shape index (κ3) is 3.22. The molecule has 0 saturated carbocycles. The SMILES string of the molecule is CC(C)(C)C(=O)N1CCC[C@H]1c1nc2cc(-c3ccccc3F)ccc2o1. The van der Waals surface area contributed by atoms with Gasteiger partial charge >= 0.3 is 0 Å². The predicted molar refractivity (Wildman–Crippen MR) is 103 cm³/mol. The van der Waals surface area contributed by atoms with Crippen molar-refractivity contribution >= 4 is 17.0 Å². The Labute approximate surface area is 158 Å². The van der Waals surface area contributed by atoms with Gasteiger partial charge in [-0.15, -0.1) is 0 Å². The first kappa shape index (κ1) is 17.7. The van der Waals surface area contributed by atoms with Crippen LogP contribution in [0.2, 0.25) is 0 Å². The molecule has 0 N–H and O–H groups in total. The highest BCUT2D eigenvalue weighted by Gasteiger charge is 2.38. The Morgan fingerprint density at radius 2 is 2.00 bits per heavy atom. The number of hydrogen-bond donors (Lipinski definition) is 0. The molecule has 1 saturated heterocycles. The summed E-state index contributed by atoms with van der Waals surface area (Å²) >= 11 is 0. The molecule has 2 aromatic carbocycles. The summed E-state index contributed by atoms with van der Waals surface area (Å²) in [5.41, 5.74) is 2.19. The van der Waals surface area contributed by atoms with Crippen LogP contribution in [-0.2, 0) is 4.79 Å². The van der Waals surface area contributed by atoms with Gasteiger partial charge in [0.15, 0.2) is 5.58 Å². The minimum atomic E-state index is -0.438. The summed E-state index contributed by atoms with van der Waals surface area (Å²) in [4.78, 5) is 19.3. The van der Waals surface area contributed by atoms with E-state index in [9.17, 15) is 9.18 Å². The summed E-state index contributed by atoms with van der Waals surface area (Å²) in [5, 5.41) is 0. The molecule has 27 heavy (non-hydrogen) atoms. The van der Waals surface area contributed by atoms with E-state index in [-0.39, 0.29) is 17.8 Å². The molecule has 0 spiro atoms. The topological polar surface area (TPSA) is 46.3 Å². The Balaban J connectivity index is 1.70. The van der Waals surface area contributed by atoms with Gasteiger partial charge in [-0.1, -0.05) is 45.0 Å². The Kier molecular flexibility index (Phi) is 4.25. The van der Waals surface area contributed by atoms with Gasteiger partial charge in [0.2, 0.25) is 11.8 Å². The first-order valence-electron chi connectivity index (χ1n) is 9.31. The zero-order valence-corrected chi connectivity index (χ0v) is 15.8. The number of hydrogen-bond acceptors (Lipinski definition) is 3. The van der Waals surface area contributed by atoms with Crippen LogP contribution < -0.4 is 0 Å². The van der Waals surface area contributed by atoms with Crippen LogP contribution in [0.1, 0.15) is 45.5 Å². The lowest BCUT2D eigenvalue weighted by molar-refractivity contribution is -0.140. The van der Waals surface area contributed by atoms with Gasteiger partial charge in [-0.3, -0.25) is 4.79 Å². The summed E-state index contributed by atoms with van der Waals surface area (Å²) in [6, 6.07) is 12.0. The molecular weight excluding hydrogens is 343 g/mol. The van der Waals surface area contributed by atoms with Crippen LogP contribution in [0.4, 0.5) is 4.39 Å². The Bertz CT molecular complexity index is 1000. The van der Waals surface area contributed by atoms with Crippen LogP contribution in [0.3, 0.4) is 0 Å². The third-order valence-electron chi connectivity index (χ3n) is 5.03. The Hall–Kier alpha value is -2.69. The lowest BCUT2D eigenvalue weighted by Crippen LogP contribution is -2.39. The van der Waals surface area contributed by atoms with Crippen molar-refractivity contribution in [3.63, 3.8) is 0 Å². The van der Waals surface area contributed by atoms with E-state index in [1.807, 2.05) is 49.9 Å². The Morgan fingerprint density at radius 3 is 2.74 bits per heavy atom. The second kappa shape index (κ2) is 6.48. The maximum Gasteiger partial charge on any atom is 0.228 e. The van der Waals surface area contributed by atoms with Crippen molar-refractivity contribution in [3.8, 4) is 11.1 Å². The number of nitrogens with zero attached hydrogens (tertiary/aromatic N) is 2. The fraction of sp³-hybridized carbons (Fsp3) is 0.364. The molecular formula is C22H23FN2O2. The molecule has 5 heteroatoms.